The third-order valence-corrected chi connectivity index (χ3v) is 4.23. The second-order valence-electron chi connectivity index (χ2n) is 3.14. The van der Waals surface area contributed by atoms with E-state index in [2.05, 4.69) is 47.7 Å². The van der Waals surface area contributed by atoms with Gasteiger partial charge in [0.05, 0.1) is 6.61 Å². The van der Waals surface area contributed by atoms with Crippen LogP contribution in [0.2, 0.25) is 0 Å². The molecule has 0 unspecified atom stereocenters. The number of benzene rings is 1. The highest BCUT2D eigenvalue weighted by atomic mass is 127. The van der Waals surface area contributed by atoms with E-state index in [0.717, 1.165) is 11.7 Å². The Hall–Kier alpha value is -0.290. The standard InChI is InChI=1S/C11H11IOS/c1-3-13-11-6-8-5-9(12)7(2)4-10(8)14-11/h4-6H,3H2,1-2H3. The summed E-state index contributed by atoms with van der Waals surface area (Å²) in [6.07, 6.45) is 0. The Balaban J connectivity index is 2.54. The van der Waals surface area contributed by atoms with E-state index in [4.69, 9.17) is 4.74 Å². The van der Waals surface area contributed by atoms with Crippen LogP contribution in [0.25, 0.3) is 10.1 Å². The highest BCUT2D eigenvalue weighted by Gasteiger charge is 2.04. The first-order valence-electron chi connectivity index (χ1n) is 4.53. The molecule has 1 nitrogen and oxygen atoms in total. The van der Waals surface area contributed by atoms with Crippen LogP contribution in [-0.2, 0) is 0 Å². The van der Waals surface area contributed by atoms with Gasteiger partial charge in [0.25, 0.3) is 0 Å². The van der Waals surface area contributed by atoms with Gasteiger partial charge in [0.1, 0.15) is 0 Å². The van der Waals surface area contributed by atoms with Crippen molar-refractivity contribution in [2.75, 3.05) is 6.61 Å². The highest BCUT2D eigenvalue weighted by Crippen LogP contribution is 2.33. The topological polar surface area (TPSA) is 9.23 Å². The van der Waals surface area contributed by atoms with Crippen molar-refractivity contribution in [1.82, 2.24) is 0 Å². The van der Waals surface area contributed by atoms with E-state index >= 15 is 0 Å². The molecule has 0 spiro atoms. The van der Waals surface area contributed by atoms with Crippen LogP contribution in [0.5, 0.6) is 5.06 Å². The summed E-state index contributed by atoms with van der Waals surface area (Å²) < 4.78 is 8.11. The lowest BCUT2D eigenvalue weighted by Gasteiger charge is -1.96. The van der Waals surface area contributed by atoms with Crippen LogP contribution >= 0.6 is 33.9 Å². The third-order valence-electron chi connectivity index (χ3n) is 2.06. The van der Waals surface area contributed by atoms with Gasteiger partial charge in [0.2, 0.25) is 0 Å². The summed E-state index contributed by atoms with van der Waals surface area (Å²) in [5.74, 6) is 0. The predicted octanol–water partition coefficient (Wildman–Crippen LogP) is 4.21. The van der Waals surface area contributed by atoms with Gasteiger partial charge >= 0.3 is 0 Å². The quantitative estimate of drug-likeness (QED) is 0.754. The first-order chi connectivity index (χ1) is 6.70. The molecule has 14 heavy (non-hydrogen) atoms. The summed E-state index contributed by atoms with van der Waals surface area (Å²) >= 11 is 4.09. The number of halogens is 1. The summed E-state index contributed by atoms with van der Waals surface area (Å²) in [7, 11) is 0. The molecule has 74 valence electrons. The molecule has 0 bridgehead atoms. The van der Waals surface area contributed by atoms with Gasteiger partial charge < -0.3 is 4.74 Å². The second kappa shape index (κ2) is 4.06. The number of hydrogen-bond donors (Lipinski definition) is 0. The van der Waals surface area contributed by atoms with Crippen LogP contribution in [0.1, 0.15) is 12.5 Å². The Morgan fingerprint density at radius 1 is 1.36 bits per heavy atom. The molecule has 2 rings (SSSR count). The van der Waals surface area contributed by atoms with Gasteiger partial charge in [-0.15, -0.1) is 0 Å². The van der Waals surface area contributed by atoms with E-state index in [1.807, 2.05) is 6.92 Å². The van der Waals surface area contributed by atoms with Gasteiger partial charge in [-0.1, -0.05) is 11.3 Å². The molecule has 0 radical (unpaired) electrons. The van der Waals surface area contributed by atoms with Gasteiger partial charge in [0, 0.05) is 8.27 Å². The monoisotopic (exact) mass is 318 g/mol. The van der Waals surface area contributed by atoms with Crippen molar-refractivity contribution in [3.63, 3.8) is 0 Å². The molecule has 0 aliphatic carbocycles. The van der Waals surface area contributed by atoms with E-state index in [9.17, 15) is 0 Å². The van der Waals surface area contributed by atoms with Crippen molar-refractivity contribution in [3.05, 3.63) is 27.3 Å². The van der Waals surface area contributed by atoms with E-state index in [1.54, 1.807) is 11.3 Å². The lowest BCUT2D eigenvalue weighted by molar-refractivity contribution is 0.350. The van der Waals surface area contributed by atoms with Crippen molar-refractivity contribution in [2.45, 2.75) is 13.8 Å². The first kappa shape index (κ1) is 10.2. The third kappa shape index (κ3) is 1.88. The number of fused-ring (bicyclic) bond motifs is 1. The number of aryl methyl sites for hydroxylation is 1. The van der Waals surface area contributed by atoms with Crippen LogP contribution in [0.4, 0.5) is 0 Å². The molecule has 0 atom stereocenters. The Bertz CT molecular complexity index is 423. The molecule has 0 saturated heterocycles. The Labute approximate surface area is 101 Å². The van der Waals surface area contributed by atoms with Crippen molar-refractivity contribution in [3.8, 4) is 5.06 Å². The molecule has 0 fully saturated rings. The largest absolute Gasteiger partial charge is 0.484 e. The average Bonchev–Trinajstić information content (AvgIpc) is 2.48. The summed E-state index contributed by atoms with van der Waals surface area (Å²) in [6, 6.07) is 6.56. The molecule has 0 amide bonds. The predicted molar refractivity (Wildman–Crippen MR) is 70.4 cm³/mol. The number of hydrogen-bond acceptors (Lipinski definition) is 2. The van der Waals surface area contributed by atoms with Crippen molar-refractivity contribution >= 4 is 44.0 Å². The van der Waals surface area contributed by atoms with Crippen molar-refractivity contribution in [2.24, 2.45) is 0 Å². The van der Waals surface area contributed by atoms with E-state index in [1.165, 1.54) is 19.2 Å². The van der Waals surface area contributed by atoms with Crippen molar-refractivity contribution < 1.29 is 4.74 Å². The molecule has 1 heterocycles. The van der Waals surface area contributed by atoms with Crippen LogP contribution in [-0.4, -0.2) is 6.61 Å². The van der Waals surface area contributed by atoms with Gasteiger partial charge in [-0.2, -0.15) is 0 Å². The molecule has 0 aliphatic rings. The van der Waals surface area contributed by atoms with Crippen LogP contribution in [0, 0.1) is 10.5 Å². The Kier molecular flexibility index (Phi) is 2.97. The fraction of sp³-hybridized carbons (Fsp3) is 0.273. The molecular weight excluding hydrogens is 307 g/mol. The van der Waals surface area contributed by atoms with E-state index in [0.29, 0.717) is 0 Å². The first-order valence-corrected chi connectivity index (χ1v) is 6.42. The lowest BCUT2D eigenvalue weighted by atomic mass is 10.2. The summed E-state index contributed by atoms with van der Waals surface area (Å²) in [4.78, 5) is 0. The zero-order chi connectivity index (χ0) is 10.1. The Morgan fingerprint density at radius 3 is 2.86 bits per heavy atom. The maximum atomic E-state index is 5.49. The maximum absolute atomic E-state index is 5.49. The zero-order valence-electron chi connectivity index (χ0n) is 8.13. The summed E-state index contributed by atoms with van der Waals surface area (Å²) in [6.45, 7) is 4.89. The molecule has 0 N–H and O–H groups in total. The maximum Gasteiger partial charge on any atom is 0.174 e. The second-order valence-corrected chi connectivity index (χ2v) is 5.35. The van der Waals surface area contributed by atoms with E-state index in [-0.39, 0.29) is 0 Å². The summed E-state index contributed by atoms with van der Waals surface area (Å²) in [5, 5.41) is 2.30. The number of thiophene rings is 1. The van der Waals surface area contributed by atoms with Crippen LogP contribution in [0.15, 0.2) is 18.2 Å². The van der Waals surface area contributed by atoms with Gasteiger partial charge in [0.15, 0.2) is 5.06 Å². The van der Waals surface area contributed by atoms with Crippen molar-refractivity contribution in [1.29, 1.82) is 0 Å². The molecule has 3 heteroatoms. The molecular formula is C11H11IOS. The van der Waals surface area contributed by atoms with Crippen LogP contribution in [0.3, 0.4) is 0 Å². The molecule has 1 aromatic heterocycles. The molecule has 1 aromatic carbocycles. The minimum atomic E-state index is 0.739. The van der Waals surface area contributed by atoms with Gasteiger partial charge in [-0.3, -0.25) is 0 Å². The lowest BCUT2D eigenvalue weighted by Crippen LogP contribution is -1.86. The van der Waals surface area contributed by atoms with Crippen LogP contribution < -0.4 is 4.74 Å². The fourth-order valence-electron chi connectivity index (χ4n) is 1.35. The number of ether oxygens (including phenoxy) is 1. The SMILES string of the molecule is CCOc1cc2cc(I)c(C)cc2s1. The molecule has 2 aromatic rings. The smallest absolute Gasteiger partial charge is 0.174 e. The summed E-state index contributed by atoms with van der Waals surface area (Å²) in [5.41, 5.74) is 1.34. The number of rotatable bonds is 2. The van der Waals surface area contributed by atoms with Gasteiger partial charge in [-0.05, 0) is 65.6 Å². The minimum absolute atomic E-state index is 0.739. The minimum Gasteiger partial charge on any atom is -0.484 e. The fourth-order valence-corrected chi connectivity index (χ4v) is 2.89. The van der Waals surface area contributed by atoms with Gasteiger partial charge in [-0.25, -0.2) is 0 Å². The molecule has 0 aliphatic heterocycles. The molecule has 0 saturated carbocycles. The normalized spacial score (nSPS) is 10.8. The average molecular weight is 318 g/mol. The highest BCUT2D eigenvalue weighted by molar-refractivity contribution is 14.1. The zero-order valence-corrected chi connectivity index (χ0v) is 11.1. The Morgan fingerprint density at radius 2 is 2.14 bits per heavy atom. The van der Waals surface area contributed by atoms with E-state index < -0.39 is 0 Å².